The number of benzene rings is 1. The molecule has 0 atom stereocenters. The molecule has 0 radical (unpaired) electrons. The molecule has 3 rings (SSSR count). The van der Waals surface area contributed by atoms with Crippen LogP contribution in [0.25, 0.3) is 5.69 Å². The molecule has 33 heavy (non-hydrogen) atoms. The molecule has 10 heteroatoms. The normalized spacial score (nSPS) is 15.1. The molecule has 0 spiro atoms. The minimum Gasteiger partial charge on any atom is -0.489 e. The Kier molecular flexibility index (Phi) is 6.84. The van der Waals surface area contributed by atoms with Crippen molar-refractivity contribution in [1.82, 2.24) is 9.47 Å². The van der Waals surface area contributed by atoms with Gasteiger partial charge in [-0.05, 0) is 45.0 Å². The fourth-order valence-electron chi connectivity index (χ4n) is 3.42. The molecule has 2 heterocycles. The maximum absolute atomic E-state index is 12.7. The van der Waals surface area contributed by atoms with Gasteiger partial charge < -0.3 is 14.4 Å². The number of piperidine rings is 1. The monoisotopic (exact) mass is 473 g/mol. The fraction of sp³-hybridized carbons (Fsp3) is 0.435. The summed E-state index contributed by atoms with van der Waals surface area (Å²) in [6.07, 6.45) is 2.94. The highest BCUT2D eigenvalue weighted by molar-refractivity contribution is 7.90. The summed E-state index contributed by atoms with van der Waals surface area (Å²) in [5.74, 6) is 0.183. The van der Waals surface area contributed by atoms with Crippen molar-refractivity contribution in [3.05, 3.63) is 52.4 Å². The summed E-state index contributed by atoms with van der Waals surface area (Å²) in [4.78, 5) is 26.7. The second-order valence-electron chi connectivity index (χ2n) is 8.92. The van der Waals surface area contributed by atoms with Crippen LogP contribution < -0.4 is 10.3 Å². The number of hydrogen-bond donors (Lipinski definition) is 0. The molecular weight excluding hydrogens is 446 g/mol. The number of amides is 1. The first-order chi connectivity index (χ1) is 15.4. The first-order valence-corrected chi connectivity index (χ1v) is 12.4. The van der Waals surface area contributed by atoms with Gasteiger partial charge in [0.15, 0.2) is 9.84 Å². The molecule has 0 bridgehead atoms. The fourth-order valence-corrected chi connectivity index (χ4v) is 4.05. The summed E-state index contributed by atoms with van der Waals surface area (Å²) in [5.41, 5.74) is -0.374. The number of likely N-dealkylation sites (tertiary alicyclic amines) is 1. The first-order valence-electron chi connectivity index (χ1n) is 10.5. The standard InChI is InChI=1S/C23H27N3O6S/c1-23(2,3)32-22(28)25-11-9-18(10-12-25)31-20-13-21(27)26(15-16(20)14-24)17-5-7-19(8-6-17)33(4,29)30/h5-8,13,15,18H,9-12H2,1-4H3. The summed E-state index contributed by atoms with van der Waals surface area (Å²) >= 11 is 0. The third kappa shape index (κ3) is 6.14. The molecule has 0 saturated carbocycles. The van der Waals surface area contributed by atoms with Crippen molar-refractivity contribution < 1.29 is 22.7 Å². The lowest BCUT2D eigenvalue weighted by Gasteiger charge is -2.33. The number of carbonyl (C=O) groups excluding carboxylic acids is 1. The number of hydrogen-bond acceptors (Lipinski definition) is 7. The van der Waals surface area contributed by atoms with Gasteiger partial charge in [-0.2, -0.15) is 5.26 Å². The molecule has 1 fully saturated rings. The zero-order chi connectivity index (χ0) is 24.4. The minimum absolute atomic E-state index is 0.137. The lowest BCUT2D eigenvalue weighted by Crippen LogP contribution is -2.44. The Bertz CT molecular complexity index is 1230. The summed E-state index contributed by atoms with van der Waals surface area (Å²) in [6.45, 7) is 6.34. The lowest BCUT2D eigenvalue weighted by atomic mass is 10.1. The van der Waals surface area contributed by atoms with E-state index in [0.29, 0.717) is 31.6 Å². The van der Waals surface area contributed by atoms with Crippen LogP contribution in [0.4, 0.5) is 4.79 Å². The van der Waals surface area contributed by atoms with Crippen molar-refractivity contribution in [3.63, 3.8) is 0 Å². The second-order valence-corrected chi connectivity index (χ2v) is 10.9. The summed E-state index contributed by atoms with van der Waals surface area (Å²) in [5, 5.41) is 9.59. The summed E-state index contributed by atoms with van der Waals surface area (Å²) in [7, 11) is -3.36. The first kappa shape index (κ1) is 24.3. The smallest absolute Gasteiger partial charge is 0.410 e. The molecule has 2 aromatic rings. The van der Waals surface area contributed by atoms with Crippen molar-refractivity contribution in [2.75, 3.05) is 19.3 Å². The number of nitrogens with zero attached hydrogens (tertiary/aromatic N) is 3. The third-order valence-corrected chi connectivity index (χ3v) is 6.19. The number of rotatable bonds is 4. The Morgan fingerprint density at radius 2 is 1.76 bits per heavy atom. The van der Waals surface area contributed by atoms with Crippen LogP contribution in [0.5, 0.6) is 5.75 Å². The second kappa shape index (κ2) is 9.27. The Balaban J connectivity index is 1.73. The van der Waals surface area contributed by atoms with E-state index in [0.717, 1.165) is 6.26 Å². The van der Waals surface area contributed by atoms with E-state index in [9.17, 15) is 23.3 Å². The predicted octanol–water partition coefficient (Wildman–Crippen LogP) is 2.89. The highest BCUT2D eigenvalue weighted by atomic mass is 32.2. The molecule has 0 unspecified atom stereocenters. The molecule has 1 aliphatic rings. The van der Waals surface area contributed by atoms with Gasteiger partial charge >= 0.3 is 6.09 Å². The van der Waals surface area contributed by atoms with Gasteiger partial charge in [-0.1, -0.05) is 0 Å². The largest absolute Gasteiger partial charge is 0.489 e. The Morgan fingerprint density at radius 3 is 2.27 bits per heavy atom. The van der Waals surface area contributed by atoms with Crippen molar-refractivity contribution in [1.29, 1.82) is 5.26 Å². The van der Waals surface area contributed by atoms with Crippen LogP contribution in [0, 0.1) is 11.3 Å². The van der Waals surface area contributed by atoms with Gasteiger partial charge in [0.2, 0.25) is 0 Å². The van der Waals surface area contributed by atoms with E-state index >= 15 is 0 Å². The van der Waals surface area contributed by atoms with Crippen LogP contribution in [0.15, 0.2) is 46.2 Å². The Morgan fingerprint density at radius 1 is 1.15 bits per heavy atom. The van der Waals surface area contributed by atoms with Crippen LogP contribution in [-0.4, -0.2) is 55.0 Å². The highest BCUT2D eigenvalue weighted by Gasteiger charge is 2.28. The van der Waals surface area contributed by atoms with E-state index in [4.69, 9.17) is 9.47 Å². The van der Waals surface area contributed by atoms with E-state index in [-0.39, 0.29) is 28.4 Å². The number of nitriles is 1. The van der Waals surface area contributed by atoms with Gasteiger partial charge in [0.1, 0.15) is 29.1 Å². The number of aromatic nitrogens is 1. The molecule has 0 N–H and O–H groups in total. The maximum atomic E-state index is 12.7. The van der Waals surface area contributed by atoms with Gasteiger partial charge in [-0.15, -0.1) is 0 Å². The third-order valence-electron chi connectivity index (χ3n) is 5.07. The summed E-state index contributed by atoms with van der Waals surface area (Å²) in [6, 6.07) is 9.13. The van der Waals surface area contributed by atoms with Crippen LogP contribution >= 0.6 is 0 Å². The van der Waals surface area contributed by atoms with Gasteiger partial charge in [0.25, 0.3) is 5.56 Å². The number of carbonyl (C=O) groups is 1. The van der Waals surface area contributed by atoms with E-state index < -0.39 is 21.0 Å². The average molecular weight is 474 g/mol. The SMILES string of the molecule is CC(C)(C)OC(=O)N1CCC(Oc2cc(=O)n(-c3ccc(S(C)(=O)=O)cc3)cc2C#N)CC1. The van der Waals surface area contributed by atoms with Crippen molar-refractivity contribution in [3.8, 4) is 17.5 Å². The quantitative estimate of drug-likeness (QED) is 0.670. The van der Waals surface area contributed by atoms with Crippen LogP contribution in [0.2, 0.25) is 0 Å². The van der Waals surface area contributed by atoms with E-state index in [1.165, 1.54) is 41.1 Å². The number of ether oxygens (including phenoxy) is 2. The van der Waals surface area contributed by atoms with Crippen molar-refractivity contribution in [2.45, 2.75) is 50.2 Å². The minimum atomic E-state index is -3.36. The van der Waals surface area contributed by atoms with Gasteiger partial charge in [-0.25, -0.2) is 13.2 Å². The van der Waals surface area contributed by atoms with Crippen molar-refractivity contribution in [2.24, 2.45) is 0 Å². The van der Waals surface area contributed by atoms with Gasteiger partial charge in [0.05, 0.1) is 4.90 Å². The van der Waals surface area contributed by atoms with Gasteiger partial charge in [0, 0.05) is 50.1 Å². The Hall–Kier alpha value is -3.32. The topological polar surface area (TPSA) is 119 Å². The molecule has 9 nitrogen and oxygen atoms in total. The van der Waals surface area contributed by atoms with Gasteiger partial charge in [-0.3, -0.25) is 9.36 Å². The number of pyridine rings is 1. The highest BCUT2D eigenvalue weighted by Crippen LogP contribution is 2.23. The van der Waals surface area contributed by atoms with Crippen LogP contribution in [0.3, 0.4) is 0 Å². The molecule has 1 aromatic heterocycles. The molecular formula is C23H27N3O6S. The molecule has 1 aromatic carbocycles. The zero-order valence-corrected chi connectivity index (χ0v) is 19.9. The van der Waals surface area contributed by atoms with Crippen LogP contribution in [-0.2, 0) is 14.6 Å². The maximum Gasteiger partial charge on any atom is 0.410 e. The van der Waals surface area contributed by atoms with Crippen molar-refractivity contribution >= 4 is 15.9 Å². The predicted molar refractivity (Wildman–Crippen MR) is 121 cm³/mol. The zero-order valence-electron chi connectivity index (χ0n) is 19.1. The Labute approximate surface area is 193 Å². The van der Waals surface area contributed by atoms with E-state index in [1.807, 2.05) is 26.8 Å². The van der Waals surface area contributed by atoms with E-state index in [1.54, 1.807) is 4.90 Å². The molecule has 1 aliphatic heterocycles. The van der Waals surface area contributed by atoms with Crippen LogP contribution in [0.1, 0.15) is 39.2 Å². The van der Waals surface area contributed by atoms with E-state index in [2.05, 4.69) is 0 Å². The molecule has 0 aliphatic carbocycles. The average Bonchev–Trinajstić information content (AvgIpc) is 2.73. The summed E-state index contributed by atoms with van der Waals surface area (Å²) < 4.78 is 35.9. The molecule has 176 valence electrons. The number of sulfone groups is 1. The molecule has 1 amide bonds. The lowest BCUT2D eigenvalue weighted by molar-refractivity contribution is 0.0126. The molecule has 1 saturated heterocycles.